The molecular weight excluding hydrogens is 318 g/mol. The molecule has 9 heteroatoms. The summed E-state index contributed by atoms with van der Waals surface area (Å²) in [5, 5.41) is 14.2. The molecular formula is C10H14BrN5O3. The molecule has 0 N–H and O–H groups in total. The van der Waals surface area contributed by atoms with E-state index in [9.17, 15) is 14.9 Å². The van der Waals surface area contributed by atoms with Gasteiger partial charge in [-0.25, -0.2) is 0 Å². The molecule has 8 nitrogen and oxygen atoms in total. The Balaban J connectivity index is 2.03. The minimum absolute atomic E-state index is 0.0264. The van der Waals surface area contributed by atoms with Crippen LogP contribution in [0.25, 0.3) is 0 Å². The first-order chi connectivity index (χ1) is 9.08. The van der Waals surface area contributed by atoms with Crippen molar-refractivity contribution in [3.63, 3.8) is 0 Å². The van der Waals surface area contributed by atoms with Gasteiger partial charge in [-0.3, -0.25) is 4.79 Å². The van der Waals surface area contributed by atoms with Gasteiger partial charge in [-0.15, -0.1) is 0 Å². The average Bonchev–Trinajstić information content (AvgIpc) is 2.60. The Morgan fingerprint density at radius 2 is 1.95 bits per heavy atom. The summed E-state index contributed by atoms with van der Waals surface area (Å²) in [7, 11) is 0. The van der Waals surface area contributed by atoms with Gasteiger partial charge >= 0.3 is 5.95 Å². The maximum Gasteiger partial charge on any atom is 0.492 e. The maximum absolute atomic E-state index is 12.1. The van der Waals surface area contributed by atoms with E-state index in [1.54, 1.807) is 4.90 Å². The van der Waals surface area contributed by atoms with Crippen molar-refractivity contribution < 1.29 is 9.72 Å². The Morgan fingerprint density at radius 3 is 2.47 bits per heavy atom. The molecule has 0 aromatic carbocycles. The molecule has 2 heterocycles. The van der Waals surface area contributed by atoms with Crippen molar-refractivity contribution in [1.82, 2.24) is 19.7 Å². The molecule has 1 amide bonds. The number of hydrogen-bond donors (Lipinski definition) is 0. The summed E-state index contributed by atoms with van der Waals surface area (Å²) in [6.45, 7) is 1.46. The largest absolute Gasteiger partial charge is 0.492 e. The van der Waals surface area contributed by atoms with Crippen molar-refractivity contribution in [1.29, 1.82) is 0 Å². The molecule has 1 aliphatic rings. The molecule has 19 heavy (non-hydrogen) atoms. The predicted molar refractivity (Wildman–Crippen MR) is 69.4 cm³/mol. The monoisotopic (exact) mass is 331 g/mol. The Bertz CT molecular complexity index is 482. The Morgan fingerprint density at radius 1 is 1.32 bits per heavy atom. The van der Waals surface area contributed by atoms with E-state index in [0.29, 0.717) is 0 Å². The van der Waals surface area contributed by atoms with E-state index < -0.39 is 10.9 Å². The topological polar surface area (TPSA) is 94.2 Å². The first-order valence-electron chi connectivity index (χ1n) is 6.10. The average molecular weight is 332 g/mol. The second-order valence-electron chi connectivity index (χ2n) is 4.39. The van der Waals surface area contributed by atoms with Crippen LogP contribution in [-0.2, 0) is 11.3 Å². The van der Waals surface area contributed by atoms with Crippen LogP contribution in [0.5, 0.6) is 0 Å². The summed E-state index contributed by atoms with van der Waals surface area (Å²) in [5.41, 5.74) is 0. The molecule has 2 rings (SSSR count). The highest BCUT2D eigenvalue weighted by molar-refractivity contribution is 9.10. The number of carbonyl (C=O) groups is 1. The van der Waals surface area contributed by atoms with Crippen molar-refractivity contribution in [2.45, 2.75) is 32.2 Å². The van der Waals surface area contributed by atoms with Crippen LogP contribution in [-0.4, -0.2) is 43.6 Å². The van der Waals surface area contributed by atoms with Gasteiger partial charge in [0.15, 0.2) is 0 Å². The number of rotatable bonds is 3. The van der Waals surface area contributed by atoms with Gasteiger partial charge in [0.05, 0.1) is 0 Å². The molecule has 0 radical (unpaired) electrons. The Hall–Kier alpha value is -1.51. The third-order valence-corrected chi connectivity index (χ3v) is 3.61. The maximum atomic E-state index is 12.1. The fourth-order valence-corrected chi connectivity index (χ4v) is 2.40. The van der Waals surface area contributed by atoms with Crippen LogP contribution < -0.4 is 0 Å². The standard InChI is InChI=1S/C10H14BrN5O3/c11-9-12-10(16(18)19)13-15(9)7-8(17)14-5-3-1-2-4-6-14/h1-7H2. The van der Waals surface area contributed by atoms with Crippen molar-refractivity contribution in [2.75, 3.05) is 13.1 Å². The number of likely N-dealkylation sites (tertiary alicyclic amines) is 1. The van der Waals surface area contributed by atoms with Gasteiger partial charge in [0.25, 0.3) is 4.73 Å². The molecule has 1 aromatic heterocycles. The Kier molecular flexibility index (Phi) is 4.46. The van der Waals surface area contributed by atoms with E-state index in [2.05, 4.69) is 26.0 Å². The molecule has 0 aliphatic carbocycles. The molecule has 0 bridgehead atoms. The molecule has 0 atom stereocenters. The third kappa shape index (κ3) is 3.49. The van der Waals surface area contributed by atoms with Crippen molar-refractivity contribution in [3.8, 4) is 0 Å². The number of amides is 1. The highest BCUT2D eigenvalue weighted by Crippen LogP contribution is 2.14. The summed E-state index contributed by atoms with van der Waals surface area (Å²) < 4.78 is 1.41. The summed E-state index contributed by atoms with van der Waals surface area (Å²) in [6.07, 6.45) is 4.29. The smallest absolute Gasteiger partial charge is 0.390 e. The van der Waals surface area contributed by atoms with Crippen molar-refractivity contribution in [2.24, 2.45) is 0 Å². The lowest BCUT2D eigenvalue weighted by Gasteiger charge is -2.19. The summed E-state index contributed by atoms with van der Waals surface area (Å²) in [5.74, 6) is -0.585. The summed E-state index contributed by atoms with van der Waals surface area (Å²) in [4.78, 5) is 27.4. The molecule has 0 unspecified atom stereocenters. The summed E-state index contributed by atoms with van der Waals surface area (Å²) in [6, 6.07) is 0. The minimum Gasteiger partial charge on any atom is -0.390 e. The quantitative estimate of drug-likeness (QED) is 0.615. The first kappa shape index (κ1) is 13.9. The van der Waals surface area contributed by atoms with Crippen LogP contribution in [0, 0.1) is 10.1 Å². The van der Waals surface area contributed by atoms with Gasteiger partial charge < -0.3 is 15.0 Å². The molecule has 104 valence electrons. The van der Waals surface area contributed by atoms with Gasteiger partial charge in [-0.05, 0) is 22.7 Å². The lowest BCUT2D eigenvalue weighted by Crippen LogP contribution is -2.34. The van der Waals surface area contributed by atoms with Crippen molar-refractivity contribution >= 4 is 27.8 Å². The first-order valence-corrected chi connectivity index (χ1v) is 6.90. The predicted octanol–water partition coefficient (Wildman–Crippen LogP) is 1.35. The number of nitro groups is 1. The van der Waals surface area contributed by atoms with E-state index in [1.165, 1.54) is 4.68 Å². The summed E-state index contributed by atoms with van der Waals surface area (Å²) >= 11 is 3.07. The lowest BCUT2D eigenvalue weighted by atomic mass is 10.2. The molecule has 0 saturated carbocycles. The van der Waals surface area contributed by atoms with Gasteiger partial charge in [0.2, 0.25) is 5.91 Å². The molecule has 0 spiro atoms. The fraction of sp³-hybridized carbons (Fsp3) is 0.700. The molecule has 1 aliphatic heterocycles. The molecule has 1 saturated heterocycles. The van der Waals surface area contributed by atoms with E-state index in [4.69, 9.17) is 0 Å². The van der Waals surface area contributed by atoms with E-state index >= 15 is 0 Å². The van der Waals surface area contributed by atoms with Gasteiger partial charge in [0, 0.05) is 34.1 Å². The van der Waals surface area contributed by atoms with E-state index in [1.807, 2.05) is 0 Å². The zero-order valence-corrected chi connectivity index (χ0v) is 11.9. The van der Waals surface area contributed by atoms with Gasteiger partial charge in [0.1, 0.15) is 6.54 Å². The van der Waals surface area contributed by atoms with Gasteiger partial charge in [-0.1, -0.05) is 12.8 Å². The third-order valence-electron chi connectivity index (χ3n) is 3.02. The second kappa shape index (κ2) is 6.09. The molecule has 1 fully saturated rings. The van der Waals surface area contributed by atoms with Crippen LogP contribution in [0.2, 0.25) is 0 Å². The lowest BCUT2D eigenvalue weighted by molar-refractivity contribution is -0.394. The number of aromatic nitrogens is 3. The SMILES string of the molecule is O=C(Cn1nc([N+](=O)[O-])nc1Br)N1CCCCCC1. The van der Waals surface area contributed by atoms with E-state index in [-0.39, 0.29) is 17.2 Å². The van der Waals surface area contributed by atoms with Crippen molar-refractivity contribution in [3.05, 3.63) is 14.8 Å². The van der Waals surface area contributed by atoms with Crippen LogP contribution in [0.15, 0.2) is 4.73 Å². The zero-order chi connectivity index (χ0) is 13.8. The number of halogens is 1. The zero-order valence-electron chi connectivity index (χ0n) is 10.3. The fourth-order valence-electron chi connectivity index (χ4n) is 2.04. The Labute approximate surface area is 118 Å². The van der Waals surface area contributed by atoms with E-state index in [0.717, 1.165) is 38.8 Å². The normalized spacial score (nSPS) is 16.2. The van der Waals surface area contributed by atoms with Crippen LogP contribution >= 0.6 is 15.9 Å². The number of hydrogen-bond acceptors (Lipinski definition) is 5. The van der Waals surface area contributed by atoms with Crippen LogP contribution in [0.4, 0.5) is 5.95 Å². The second-order valence-corrected chi connectivity index (χ2v) is 5.10. The number of nitrogens with zero attached hydrogens (tertiary/aromatic N) is 5. The van der Waals surface area contributed by atoms with Crippen LogP contribution in [0.1, 0.15) is 25.7 Å². The highest BCUT2D eigenvalue weighted by atomic mass is 79.9. The minimum atomic E-state index is -0.683. The number of carbonyl (C=O) groups excluding carboxylic acids is 1. The van der Waals surface area contributed by atoms with Crippen LogP contribution in [0.3, 0.4) is 0 Å². The molecule has 1 aromatic rings. The highest BCUT2D eigenvalue weighted by Gasteiger charge is 2.23. The van der Waals surface area contributed by atoms with Gasteiger partial charge in [-0.2, -0.15) is 4.68 Å².